The highest BCUT2D eigenvalue weighted by atomic mass is 35.5. The van der Waals surface area contributed by atoms with E-state index in [1.54, 1.807) is 43.6 Å². The van der Waals surface area contributed by atoms with E-state index < -0.39 is 5.54 Å². The van der Waals surface area contributed by atoms with E-state index in [0.717, 1.165) is 5.56 Å². The fourth-order valence-corrected chi connectivity index (χ4v) is 4.31. The summed E-state index contributed by atoms with van der Waals surface area (Å²) in [6.45, 7) is 3.81. The van der Waals surface area contributed by atoms with Crippen LogP contribution >= 0.6 is 11.6 Å². The van der Waals surface area contributed by atoms with Gasteiger partial charge in [0.2, 0.25) is 5.88 Å². The van der Waals surface area contributed by atoms with E-state index in [1.165, 1.54) is 13.3 Å². The van der Waals surface area contributed by atoms with Gasteiger partial charge in [0.1, 0.15) is 16.9 Å². The maximum absolute atomic E-state index is 13.6. The number of fused-ring (bicyclic) bond motifs is 3. The smallest absolute Gasteiger partial charge is 0.252 e. The van der Waals surface area contributed by atoms with Crippen molar-refractivity contribution in [2.24, 2.45) is 0 Å². The number of aromatic amines is 1. The Balaban J connectivity index is 1.51. The molecule has 0 bridgehead atoms. The molecule has 1 amide bonds. The summed E-state index contributed by atoms with van der Waals surface area (Å²) in [5.74, 6) is 0.339. The molecule has 1 atom stereocenters. The van der Waals surface area contributed by atoms with Gasteiger partial charge in [-0.15, -0.1) is 0 Å². The molecule has 0 unspecified atom stereocenters. The number of methoxy groups -OCH3 is 1. The van der Waals surface area contributed by atoms with Crippen molar-refractivity contribution in [2.75, 3.05) is 24.4 Å². The van der Waals surface area contributed by atoms with E-state index in [1.807, 2.05) is 13.0 Å². The van der Waals surface area contributed by atoms with Crippen LogP contribution in [0.3, 0.4) is 0 Å². The second kappa shape index (κ2) is 8.68. The summed E-state index contributed by atoms with van der Waals surface area (Å²) in [6.07, 6.45) is 4.78. The number of nitrogens with zero attached hydrogens (tertiary/aromatic N) is 2. The average molecular weight is 492 g/mol. The predicted molar refractivity (Wildman–Crippen MR) is 133 cm³/mol. The third-order valence-corrected chi connectivity index (χ3v) is 6.14. The van der Waals surface area contributed by atoms with Crippen LogP contribution in [0.5, 0.6) is 11.6 Å². The number of halogens is 1. The molecule has 3 aromatic heterocycles. The predicted octanol–water partition coefficient (Wildman–Crippen LogP) is 4.71. The van der Waals surface area contributed by atoms with Gasteiger partial charge in [-0.2, -0.15) is 0 Å². The van der Waals surface area contributed by atoms with Gasteiger partial charge in [-0.05, 0) is 37.6 Å². The molecule has 3 N–H and O–H groups in total. The molecule has 9 nitrogen and oxygen atoms in total. The summed E-state index contributed by atoms with van der Waals surface area (Å²) in [5.41, 5.74) is 2.21. The van der Waals surface area contributed by atoms with Crippen LogP contribution in [0, 0.1) is 6.92 Å². The minimum Gasteiger partial charge on any atom is -0.439 e. The Labute approximate surface area is 205 Å². The Morgan fingerprint density at radius 1 is 1.17 bits per heavy atom. The second-order valence-electron chi connectivity index (χ2n) is 8.56. The van der Waals surface area contributed by atoms with Crippen LogP contribution in [0.2, 0.25) is 5.02 Å². The maximum Gasteiger partial charge on any atom is 0.252 e. The van der Waals surface area contributed by atoms with Gasteiger partial charge in [0, 0.05) is 37.2 Å². The lowest BCUT2D eigenvalue weighted by Gasteiger charge is -2.35. The van der Waals surface area contributed by atoms with Crippen LogP contribution in [0.15, 0.2) is 48.9 Å². The summed E-state index contributed by atoms with van der Waals surface area (Å²) in [7, 11) is 1.52. The number of ether oxygens (including phenoxy) is 2. The van der Waals surface area contributed by atoms with E-state index in [0.29, 0.717) is 45.2 Å². The molecule has 1 aliphatic rings. The van der Waals surface area contributed by atoms with Gasteiger partial charge in [-0.3, -0.25) is 9.59 Å². The zero-order chi connectivity index (χ0) is 24.7. The summed E-state index contributed by atoms with van der Waals surface area (Å²) < 4.78 is 11.0. The van der Waals surface area contributed by atoms with E-state index >= 15 is 0 Å². The number of hydrogen-bond donors (Lipinski definition) is 3. The monoisotopic (exact) mass is 491 g/mol. The number of carbonyl (C=O) groups excluding carboxylic acids is 2. The lowest BCUT2D eigenvalue weighted by molar-refractivity contribution is -0.121. The number of H-pyrrole nitrogens is 1. The first-order valence-corrected chi connectivity index (χ1v) is 11.2. The van der Waals surface area contributed by atoms with Crippen molar-refractivity contribution < 1.29 is 19.1 Å². The van der Waals surface area contributed by atoms with Crippen molar-refractivity contribution in [2.45, 2.75) is 19.4 Å². The number of hydrogen-bond acceptors (Lipinski definition) is 7. The zero-order valence-electron chi connectivity index (χ0n) is 19.2. The number of carbonyl (C=O) groups is 2. The molecular formula is C25H22ClN5O4. The SMILES string of the molecule is COC[C@]1(C)Nc2c(cnc3[nH]cc(C(=O)c4ccc(Oc5cc(C)ccn5)cc4Cl)c23)NC1=O. The average Bonchev–Trinajstić information content (AvgIpc) is 3.25. The molecule has 1 aliphatic heterocycles. The normalized spacial score (nSPS) is 17.0. The zero-order valence-corrected chi connectivity index (χ0v) is 20.0. The van der Waals surface area contributed by atoms with Crippen molar-refractivity contribution in [3.8, 4) is 11.6 Å². The highest BCUT2D eigenvalue weighted by molar-refractivity contribution is 6.36. The fraction of sp³-hybridized carbons (Fsp3) is 0.200. The van der Waals surface area contributed by atoms with Gasteiger partial charge in [-0.1, -0.05) is 11.6 Å². The maximum atomic E-state index is 13.6. The van der Waals surface area contributed by atoms with E-state index in [9.17, 15) is 9.59 Å². The van der Waals surface area contributed by atoms with Crippen LogP contribution in [0.1, 0.15) is 28.4 Å². The van der Waals surface area contributed by atoms with E-state index in [-0.39, 0.29) is 23.3 Å². The number of rotatable bonds is 6. The first-order chi connectivity index (χ1) is 16.8. The minimum absolute atomic E-state index is 0.138. The lowest BCUT2D eigenvalue weighted by Crippen LogP contribution is -2.53. The Kier molecular flexibility index (Phi) is 5.66. The third-order valence-electron chi connectivity index (χ3n) is 5.83. The highest BCUT2D eigenvalue weighted by Crippen LogP contribution is 2.39. The van der Waals surface area contributed by atoms with Crippen LogP contribution in [-0.4, -0.2) is 45.9 Å². The third kappa shape index (κ3) is 4.09. The summed E-state index contributed by atoms with van der Waals surface area (Å²) in [5, 5.41) is 6.88. The minimum atomic E-state index is -1.02. The molecule has 178 valence electrons. The number of ketones is 1. The molecule has 5 rings (SSSR count). The van der Waals surface area contributed by atoms with Crippen molar-refractivity contribution in [3.63, 3.8) is 0 Å². The van der Waals surface area contributed by atoms with E-state index in [2.05, 4.69) is 25.6 Å². The Morgan fingerprint density at radius 3 is 2.74 bits per heavy atom. The first kappa shape index (κ1) is 22.8. The van der Waals surface area contributed by atoms with Gasteiger partial charge < -0.3 is 25.1 Å². The number of pyridine rings is 2. The molecule has 1 aromatic carbocycles. The van der Waals surface area contributed by atoms with Crippen LogP contribution in [-0.2, 0) is 9.53 Å². The molecule has 4 aromatic rings. The van der Waals surface area contributed by atoms with Crippen LogP contribution in [0.4, 0.5) is 11.4 Å². The molecule has 35 heavy (non-hydrogen) atoms. The van der Waals surface area contributed by atoms with Gasteiger partial charge in [0.25, 0.3) is 5.91 Å². The summed E-state index contributed by atoms with van der Waals surface area (Å²) >= 11 is 6.50. The highest BCUT2D eigenvalue weighted by Gasteiger charge is 2.39. The number of benzene rings is 1. The topological polar surface area (TPSA) is 118 Å². The molecule has 4 heterocycles. The Hall–Kier alpha value is -3.95. The fourth-order valence-electron chi connectivity index (χ4n) is 4.06. The van der Waals surface area contributed by atoms with Gasteiger partial charge in [-0.25, -0.2) is 9.97 Å². The van der Waals surface area contributed by atoms with Crippen LogP contribution < -0.4 is 15.4 Å². The second-order valence-corrected chi connectivity index (χ2v) is 8.97. The van der Waals surface area contributed by atoms with Crippen molar-refractivity contribution in [1.82, 2.24) is 15.0 Å². The molecule has 10 heteroatoms. The van der Waals surface area contributed by atoms with Crippen LogP contribution in [0.25, 0.3) is 11.0 Å². The van der Waals surface area contributed by atoms with Crippen molar-refractivity contribution in [3.05, 3.63) is 70.6 Å². The number of nitrogens with one attached hydrogen (secondary N) is 3. The molecular weight excluding hydrogens is 470 g/mol. The van der Waals surface area contributed by atoms with Gasteiger partial charge in [0.05, 0.1) is 40.2 Å². The summed E-state index contributed by atoms with van der Waals surface area (Å²) in [6, 6.07) is 8.53. The Morgan fingerprint density at radius 2 is 2.00 bits per heavy atom. The molecule has 0 fully saturated rings. The molecule has 0 spiro atoms. The number of amides is 1. The number of aromatic nitrogens is 3. The lowest BCUT2D eigenvalue weighted by atomic mass is 9.96. The van der Waals surface area contributed by atoms with Gasteiger partial charge in [0.15, 0.2) is 5.78 Å². The molecule has 0 saturated heterocycles. The summed E-state index contributed by atoms with van der Waals surface area (Å²) in [4.78, 5) is 37.8. The van der Waals surface area contributed by atoms with Crippen molar-refractivity contribution in [1.29, 1.82) is 0 Å². The number of anilines is 2. The Bertz CT molecular complexity index is 1480. The molecule has 0 saturated carbocycles. The molecule has 0 radical (unpaired) electrons. The largest absolute Gasteiger partial charge is 0.439 e. The standard InChI is InChI=1S/C25H22ClN5O4/c1-13-6-7-27-19(8-13)35-14-4-5-15(17(26)9-14)22(32)16-10-28-23-20(16)21-18(11-29-23)30-24(33)25(2,31-21)12-34-3/h4-11,31H,12H2,1-3H3,(H,28,29)(H,30,33)/t25-/m0/s1. The van der Waals surface area contributed by atoms with Crippen molar-refractivity contribution >= 4 is 45.7 Å². The molecule has 0 aliphatic carbocycles. The van der Waals surface area contributed by atoms with Gasteiger partial charge >= 0.3 is 0 Å². The number of aryl methyl sites for hydroxylation is 1. The quantitative estimate of drug-likeness (QED) is 0.334. The van der Waals surface area contributed by atoms with E-state index in [4.69, 9.17) is 21.1 Å². The first-order valence-electron chi connectivity index (χ1n) is 10.8.